The molecule has 1 aliphatic rings. The van der Waals surface area contributed by atoms with Gasteiger partial charge >= 0.3 is 0 Å². The molecule has 0 saturated heterocycles. The van der Waals surface area contributed by atoms with Crippen molar-refractivity contribution in [3.63, 3.8) is 0 Å². The molecular weight excluding hydrogens is 917 g/mol. The molecular formula is C66H56P4. The van der Waals surface area contributed by atoms with Crippen LogP contribution in [0.2, 0.25) is 0 Å². The van der Waals surface area contributed by atoms with Gasteiger partial charge in [0, 0.05) is 0 Å². The zero-order valence-corrected chi connectivity index (χ0v) is 42.8. The fraction of sp³-hybridized carbons (Fsp3) is 0.0909. The quantitative estimate of drug-likeness (QED) is 0.0847. The van der Waals surface area contributed by atoms with Gasteiger partial charge in [-0.05, 0) is 132 Å². The van der Waals surface area contributed by atoms with Crippen LogP contribution >= 0.6 is 31.7 Å². The molecule has 0 bridgehead atoms. The van der Waals surface area contributed by atoms with Gasteiger partial charge in [-0.2, -0.15) is 0 Å². The second kappa shape index (κ2) is 22.3. The summed E-state index contributed by atoms with van der Waals surface area (Å²) in [5.41, 5.74) is 3.04. The normalized spacial score (nSPS) is 16.6. The van der Waals surface area contributed by atoms with E-state index in [1.54, 1.807) is 0 Å². The van der Waals surface area contributed by atoms with E-state index in [0.717, 1.165) is 12.3 Å². The van der Waals surface area contributed by atoms with Crippen molar-refractivity contribution in [1.29, 1.82) is 0 Å². The molecule has 10 aromatic carbocycles. The van der Waals surface area contributed by atoms with E-state index >= 15 is 0 Å². The Kier molecular flexibility index (Phi) is 14.8. The third kappa shape index (κ3) is 9.96. The number of benzene rings is 10. The summed E-state index contributed by atoms with van der Waals surface area (Å²) < 4.78 is 0. The first-order valence-corrected chi connectivity index (χ1v) is 30.3. The topological polar surface area (TPSA) is 0 Å². The first kappa shape index (κ1) is 46.3. The number of rotatable bonds is 16. The summed E-state index contributed by atoms with van der Waals surface area (Å²) in [5.74, 6) is 1.32. The molecule has 4 atom stereocenters. The van der Waals surface area contributed by atoms with Crippen molar-refractivity contribution in [1.82, 2.24) is 0 Å². The summed E-state index contributed by atoms with van der Waals surface area (Å²) in [5, 5.41) is 14.4. The van der Waals surface area contributed by atoms with Gasteiger partial charge in [-0.1, -0.05) is 291 Å². The Hall–Kier alpha value is -6.08. The third-order valence-electron chi connectivity index (χ3n) is 14.0. The lowest BCUT2D eigenvalue weighted by Crippen LogP contribution is -2.50. The van der Waals surface area contributed by atoms with E-state index < -0.39 is 31.7 Å². The lowest BCUT2D eigenvalue weighted by Gasteiger charge is -2.56. The second-order valence-electron chi connectivity index (χ2n) is 18.1. The van der Waals surface area contributed by atoms with Crippen molar-refractivity contribution in [3.8, 4) is 0 Å². The summed E-state index contributed by atoms with van der Waals surface area (Å²) in [6, 6.07) is 111. The lowest BCUT2D eigenvalue weighted by atomic mass is 9.53. The van der Waals surface area contributed by atoms with Crippen LogP contribution < -0.4 is 53.0 Å². The zero-order valence-electron chi connectivity index (χ0n) is 39.2. The second-order valence-corrected chi connectivity index (χ2v) is 27.0. The average Bonchev–Trinajstić information content (AvgIpc) is 3.44. The minimum Gasteiger partial charge on any atom is -0.0622 e. The molecule has 11 rings (SSSR count). The first-order chi connectivity index (χ1) is 34.8. The third-order valence-corrected chi connectivity index (χ3v) is 24.3. The fourth-order valence-corrected chi connectivity index (χ4v) is 21.4. The molecule has 4 heteroatoms. The van der Waals surface area contributed by atoms with Crippen LogP contribution in [0.4, 0.5) is 0 Å². The van der Waals surface area contributed by atoms with Crippen LogP contribution in [0.15, 0.2) is 291 Å². The first-order valence-electron chi connectivity index (χ1n) is 24.5. The van der Waals surface area contributed by atoms with Gasteiger partial charge in [0.1, 0.15) is 0 Å². The molecule has 340 valence electrons. The highest BCUT2D eigenvalue weighted by Gasteiger charge is 2.54. The van der Waals surface area contributed by atoms with Crippen LogP contribution in [-0.2, 0) is 0 Å². The van der Waals surface area contributed by atoms with Crippen LogP contribution in [-0.4, -0.2) is 12.3 Å². The van der Waals surface area contributed by atoms with E-state index in [1.165, 1.54) is 64.2 Å². The zero-order chi connectivity index (χ0) is 46.9. The van der Waals surface area contributed by atoms with Crippen LogP contribution in [0, 0.1) is 11.8 Å². The van der Waals surface area contributed by atoms with Crippen molar-refractivity contribution in [2.75, 3.05) is 12.3 Å². The Morgan fingerprint density at radius 1 is 0.214 bits per heavy atom. The van der Waals surface area contributed by atoms with E-state index in [4.69, 9.17) is 0 Å². The highest BCUT2D eigenvalue weighted by atomic mass is 31.1. The molecule has 0 spiro atoms. The monoisotopic (exact) mass is 972 g/mol. The van der Waals surface area contributed by atoms with Crippen molar-refractivity contribution in [2.24, 2.45) is 11.8 Å². The van der Waals surface area contributed by atoms with Gasteiger partial charge in [0.25, 0.3) is 0 Å². The molecule has 0 aliphatic heterocycles. The Morgan fingerprint density at radius 2 is 0.414 bits per heavy atom. The van der Waals surface area contributed by atoms with Crippen LogP contribution in [0.25, 0.3) is 0 Å². The molecule has 0 unspecified atom stereocenters. The van der Waals surface area contributed by atoms with Gasteiger partial charge in [0.2, 0.25) is 0 Å². The standard InChI is InChI=1S/C66H56P4/c1-9-29-51(30-10-1)67(52-31-11-2-12-32-52)49-61-62(50-68(53-33-13-3-14-34-53)54-35-15-4-16-36-54)66(60-46-26-28-48-64(60)70(57-41-21-7-22-42-57)58-43-23-8-24-44-58)65(61)59-45-25-27-47-63(59)69(55-37-17-5-18-38-55)56-39-19-6-20-40-56/h1-48,61-62,65-66H,49-50H2/t61-,62-,65-,66-/m0/s1. The van der Waals surface area contributed by atoms with Gasteiger partial charge in [0.15, 0.2) is 0 Å². The largest absolute Gasteiger partial charge is 0.0622 e. The molecule has 0 aromatic heterocycles. The maximum atomic E-state index is 2.54. The minimum absolute atomic E-state index is 0.268. The Morgan fingerprint density at radius 3 is 0.657 bits per heavy atom. The molecule has 1 saturated carbocycles. The Balaban J connectivity index is 1.17. The molecule has 0 N–H and O–H groups in total. The maximum Gasteiger partial charge on any atom is -0.00485 e. The summed E-state index contributed by atoms with van der Waals surface area (Å²) in [6.07, 6.45) is 2.22. The van der Waals surface area contributed by atoms with Gasteiger partial charge in [0.05, 0.1) is 0 Å². The molecule has 0 nitrogen and oxygen atoms in total. The number of hydrogen-bond donors (Lipinski definition) is 0. The molecule has 0 heterocycles. The minimum atomic E-state index is -0.868. The van der Waals surface area contributed by atoms with Gasteiger partial charge in [-0.15, -0.1) is 0 Å². The van der Waals surface area contributed by atoms with Gasteiger partial charge < -0.3 is 0 Å². The van der Waals surface area contributed by atoms with Crippen molar-refractivity contribution in [2.45, 2.75) is 11.8 Å². The summed E-state index contributed by atoms with van der Waals surface area (Å²) in [7, 11) is -3.13. The fourth-order valence-electron chi connectivity index (χ4n) is 10.9. The number of hydrogen-bond acceptors (Lipinski definition) is 0. The lowest BCUT2D eigenvalue weighted by molar-refractivity contribution is 0.131. The van der Waals surface area contributed by atoms with Crippen LogP contribution in [0.3, 0.4) is 0 Å². The van der Waals surface area contributed by atoms with Crippen LogP contribution in [0.1, 0.15) is 23.0 Å². The van der Waals surface area contributed by atoms with Crippen molar-refractivity contribution in [3.05, 3.63) is 302 Å². The summed E-state index contributed by atoms with van der Waals surface area (Å²) in [4.78, 5) is 0. The Bertz CT molecular complexity index is 2800. The molecule has 0 radical (unpaired) electrons. The Labute approximate surface area is 420 Å². The van der Waals surface area contributed by atoms with Crippen molar-refractivity contribution >= 4 is 84.7 Å². The van der Waals surface area contributed by atoms with Crippen molar-refractivity contribution < 1.29 is 0 Å². The van der Waals surface area contributed by atoms with E-state index in [9.17, 15) is 0 Å². The van der Waals surface area contributed by atoms with Gasteiger partial charge in [-0.25, -0.2) is 0 Å². The SMILES string of the molecule is c1ccc(P(C[C@H]2[C@H](CP(c3ccccc3)c3ccccc3)[C@H](c3ccccc3P(c3ccccc3)c3ccccc3)[C@H]2c2ccccc2P(c2ccccc2)c2ccccc2)c2ccccc2)cc1. The highest BCUT2D eigenvalue weighted by Crippen LogP contribution is 2.64. The van der Waals surface area contributed by atoms with Crippen LogP contribution in [0.5, 0.6) is 0 Å². The molecule has 10 aromatic rings. The highest BCUT2D eigenvalue weighted by molar-refractivity contribution is 7.80. The molecule has 1 aliphatic carbocycles. The molecule has 70 heavy (non-hydrogen) atoms. The summed E-state index contributed by atoms with van der Waals surface area (Å²) >= 11 is 0. The van der Waals surface area contributed by atoms with E-state index in [1.807, 2.05) is 0 Å². The van der Waals surface area contributed by atoms with Gasteiger partial charge in [-0.3, -0.25) is 0 Å². The maximum absolute atomic E-state index is 2.54. The smallest absolute Gasteiger partial charge is 0.00485 e. The molecule has 1 fully saturated rings. The molecule has 0 amide bonds. The van der Waals surface area contributed by atoms with E-state index in [0.29, 0.717) is 11.8 Å². The predicted molar refractivity (Wildman–Crippen MR) is 311 cm³/mol. The average molecular weight is 973 g/mol. The van der Waals surface area contributed by atoms with E-state index in [-0.39, 0.29) is 11.8 Å². The van der Waals surface area contributed by atoms with E-state index in [2.05, 4.69) is 291 Å². The predicted octanol–water partition coefficient (Wildman–Crippen LogP) is 12.6. The summed E-state index contributed by atoms with van der Waals surface area (Å²) in [6.45, 7) is 0.